The van der Waals surface area contributed by atoms with Gasteiger partial charge in [0, 0.05) is 0 Å². The minimum atomic E-state index is -1.52. The summed E-state index contributed by atoms with van der Waals surface area (Å²) in [6.07, 6.45) is 1.25. The van der Waals surface area contributed by atoms with Gasteiger partial charge in [-0.3, -0.25) is 4.98 Å². The average Bonchev–Trinajstić information content (AvgIpc) is 2.88. The van der Waals surface area contributed by atoms with E-state index in [2.05, 4.69) is 4.98 Å². The molecule has 100 valence electrons. The lowest BCUT2D eigenvalue weighted by atomic mass is 9.91. The first-order chi connectivity index (χ1) is 8.99. The van der Waals surface area contributed by atoms with Crippen molar-refractivity contribution >= 4 is 17.3 Å². The van der Waals surface area contributed by atoms with E-state index in [0.717, 1.165) is 17.5 Å². The Morgan fingerprint density at radius 3 is 2.74 bits per heavy atom. The summed E-state index contributed by atoms with van der Waals surface area (Å²) in [5.74, 6) is -1.61. The van der Waals surface area contributed by atoms with Crippen molar-refractivity contribution in [2.45, 2.75) is 18.9 Å². The van der Waals surface area contributed by atoms with Crippen LogP contribution in [0.15, 0.2) is 29.8 Å². The lowest BCUT2D eigenvalue weighted by molar-refractivity contribution is 0.0628. The van der Waals surface area contributed by atoms with Gasteiger partial charge >= 0.3 is 5.97 Å². The topological polar surface area (TPSA) is 70.4 Å². The molecule has 0 aromatic carbocycles. The quantitative estimate of drug-likeness (QED) is 0.903. The van der Waals surface area contributed by atoms with Crippen LogP contribution in [0.5, 0.6) is 0 Å². The highest BCUT2D eigenvalue weighted by atomic mass is 32.1. The zero-order valence-electron chi connectivity index (χ0n) is 10.1. The molecule has 6 heteroatoms. The van der Waals surface area contributed by atoms with Crippen LogP contribution in [-0.4, -0.2) is 21.2 Å². The van der Waals surface area contributed by atoms with Crippen molar-refractivity contribution in [3.63, 3.8) is 0 Å². The first-order valence-corrected chi connectivity index (χ1v) is 6.52. The maximum absolute atomic E-state index is 12.9. The number of carboxylic acids is 1. The summed E-state index contributed by atoms with van der Waals surface area (Å²) < 4.78 is 12.9. The summed E-state index contributed by atoms with van der Waals surface area (Å²) in [4.78, 5) is 15.3. The molecule has 0 aliphatic carbocycles. The standard InChI is InChI=1S/C13H12FNO3S/c1-2-13(18,10-4-3-8(14)7-15-10)11-9(12(16)17)5-6-19-11/h3-7,18H,2H2,1H3,(H,16,17). The molecule has 0 aliphatic heterocycles. The highest BCUT2D eigenvalue weighted by Crippen LogP contribution is 2.37. The molecule has 0 bridgehead atoms. The molecule has 2 heterocycles. The second-order valence-corrected chi connectivity index (χ2v) is 4.96. The van der Waals surface area contributed by atoms with Gasteiger partial charge in [-0.15, -0.1) is 11.3 Å². The van der Waals surface area contributed by atoms with Crippen LogP contribution in [0, 0.1) is 5.82 Å². The number of hydrogen-bond donors (Lipinski definition) is 2. The molecule has 2 aromatic rings. The molecule has 1 atom stereocenters. The normalized spacial score (nSPS) is 14.1. The minimum Gasteiger partial charge on any atom is -0.478 e. The summed E-state index contributed by atoms with van der Waals surface area (Å²) in [5, 5.41) is 21.5. The number of pyridine rings is 1. The number of thiophene rings is 1. The van der Waals surface area contributed by atoms with Gasteiger partial charge in [0.15, 0.2) is 0 Å². The van der Waals surface area contributed by atoms with E-state index >= 15 is 0 Å². The lowest BCUT2D eigenvalue weighted by Gasteiger charge is -2.25. The predicted octanol–water partition coefficient (Wildman–Crippen LogP) is 2.63. The van der Waals surface area contributed by atoms with Crippen LogP contribution in [-0.2, 0) is 5.60 Å². The number of nitrogens with zero attached hydrogens (tertiary/aromatic N) is 1. The molecule has 1 unspecified atom stereocenters. The van der Waals surface area contributed by atoms with Crippen LogP contribution in [0.4, 0.5) is 4.39 Å². The number of carboxylic acid groups (broad SMARTS) is 1. The summed E-state index contributed by atoms with van der Waals surface area (Å²) in [7, 11) is 0. The Hall–Kier alpha value is -1.79. The lowest BCUT2D eigenvalue weighted by Crippen LogP contribution is -2.28. The Bertz CT molecular complexity index is 596. The number of aliphatic hydroxyl groups is 1. The van der Waals surface area contributed by atoms with Crippen molar-refractivity contribution in [1.29, 1.82) is 0 Å². The average molecular weight is 281 g/mol. The van der Waals surface area contributed by atoms with Crippen molar-refractivity contribution in [2.75, 3.05) is 0 Å². The van der Waals surface area contributed by atoms with Crippen LogP contribution in [0.2, 0.25) is 0 Å². The monoisotopic (exact) mass is 281 g/mol. The summed E-state index contributed by atoms with van der Waals surface area (Å²) >= 11 is 1.14. The second-order valence-electron chi connectivity index (χ2n) is 4.04. The number of halogens is 1. The summed E-state index contributed by atoms with van der Waals surface area (Å²) in [6.45, 7) is 1.72. The third-order valence-electron chi connectivity index (χ3n) is 2.93. The second kappa shape index (κ2) is 5.07. The van der Waals surface area contributed by atoms with Gasteiger partial charge < -0.3 is 10.2 Å². The van der Waals surface area contributed by atoms with Gasteiger partial charge in [-0.05, 0) is 30.0 Å². The third-order valence-corrected chi connectivity index (χ3v) is 4.00. The van der Waals surface area contributed by atoms with Gasteiger partial charge in [0.25, 0.3) is 0 Å². The van der Waals surface area contributed by atoms with E-state index in [1.165, 1.54) is 18.2 Å². The highest BCUT2D eigenvalue weighted by Gasteiger charge is 2.36. The molecule has 19 heavy (non-hydrogen) atoms. The zero-order valence-corrected chi connectivity index (χ0v) is 10.9. The maximum atomic E-state index is 12.9. The highest BCUT2D eigenvalue weighted by molar-refractivity contribution is 7.10. The van der Waals surface area contributed by atoms with E-state index in [-0.39, 0.29) is 17.7 Å². The molecule has 2 N–H and O–H groups in total. The number of aromatic nitrogens is 1. The number of rotatable bonds is 4. The van der Waals surface area contributed by atoms with Crippen molar-refractivity contribution in [3.8, 4) is 0 Å². The van der Waals surface area contributed by atoms with E-state index in [9.17, 15) is 14.3 Å². The molecule has 0 radical (unpaired) electrons. The van der Waals surface area contributed by atoms with Gasteiger partial charge in [-0.1, -0.05) is 6.92 Å². The Labute approximate surface area is 113 Å². The van der Waals surface area contributed by atoms with E-state index in [1.54, 1.807) is 12.3 Å². The fourth-order valence-corrected chi connectivity index (χ4v) is 2.94. The molecule has 0 amide bonds. The molecule has 0 saturated heterocycles. The molecule has 0 aliphatic rings. The van der Waals surface area contributed by atoms with Gasteiger partial charge in [0.1, 0.15) is 11.4 Å². The first-order valence-electron chi connectivity index (χ1n) is 5.64. The van der Waals surface area contributed by atoms with E-state index < -0.39 is 17.4 Å². The van der Waals surface area contributed by atoms with E-state index in [0.29, 0.717) is 4.88 Å². The van der Waals surface area contributed by atoms with E-state index in [1.807, 2.05) is 0 Å². The SMILES string of the molecule is CCC(O)(c1ccc(F)cn1)c1sccc1C(=O)O. The first kappa shape index (κ1) is 13.6. The van der Waals surface area contributed by atoms with Crippen LogP contribution in [0.3, 0.4) is 0 Å². The Kier molecular flexibility index (Phi) is 3.64. The maximum Gasteiger partial charge on any atom is 0.336 e. The summed E-state index contributed by atoms with van der Waals surface area (Å²) in [5.41, 5.74) is -1.24. The summed E-state index contributed by atoms with van der Waals surface area (Å²) in [6, 6.07) is 3.99. The van der Waals surface area contributed by atoms with Crippen LogP contribution in [0.25, 0.3) is 0 Å². The van der Waals surface area contributed by atoms with Crippen LogP contribution >= 0.6 is 11.3 Å². The molecule has 0 spiro atoms. The molecular weight excluding hydrogens is 269 g/mol. The van der Waals surface area contributed by atoms with Gasteiger partial charge in [0.05, 0.1) is 22.3 Å². The number of aromatic carboxylic acids is 1. The zero-order chi connectivity index (χ0) is 14.0. The fourth-order valence-electron chi connectivity index (χ4n) is 1.88. The Morgan fingerprint density at radius 2 is 2.21 bits per heavy atom. The largest absolute Gasteiger partial charge is 0.478 e. The van der Waals surface area contributed by atoms with Crippen LogP contribution < -0.4 is 0 Å². The fraction of sp³-hybridized carbons (Fsp3) is 0.231. The van der Waals surface area contributed by atoms with Crippen molar-refractivity contribution < 1.29 is 19.4 Å². The number of carbonyl (C=O) groups is 1. The smallest absolute Gasteiger partial charge is 0.336 e. The van der Waals surface area contributed by atoms with Crippen molar-refractivity contribution in [2.24, 2.45) is 0 Å². The minimum absolute atomic E-state index is 0.0421. The van der Waals surface area contributed by atoms with Gasteiger partial charge in [-0.2, -0.15) is 0 Å². The van der Waals surface area contributed by atoms with Crippen molar-refractivity contribution in [1.82, 2.24) is 4.98 Å². The number of hydrogen-bond acceptors (Lipinski definition) is 4. The third kappa shape index (κ3) is 2.36. The molecule has 2 aromatic heterocycles. The van der Waals surface area contributed by atoms with E-state index in [4.69, 9.17) is 5.11 Å². The molecule has 4 nitrogen and oxygen atoms in total. The van der Waals surface area contributed by atoms with Crippen LogP contribution in [0.1, 0.15) is 34.3 Å². The molecule has 0 saturated carbocycles. The molecular formula is C13H12FNO3S. The molecule has 2 rings (SSSR count). The molecule has 0 fully saturated rings. The predicted molar refractivity (Wildman–Crippen MR) is 68.8 cm³/mol. The van der Waals surface area contributed by atoms with Gasteiger partial charge in [-0.25, -0.2) is 9.18 Å². The van der Waals surface area contributed by atoms with Gasteiger partial charge in [0.2, 0.25) is 0 Å². The van der Waals surface area contributed by atoms with Crippen molar-refractivity contribution in [3.05, 3.63) is 51.7 Å². The Balaban J connectivity index is 2.56. The Morgan fingerprint density at radius 1 is 1.47 bits per heavy atom.